The van der Waals surface area contributed by atoms with E-state index in [2.05, 4.69) is 19.2 Å². The quantitative estimate of drug-likeness (QED) is 0.853. The molecule has 1 N–H and O–H groups in total. The standard InChI is InChI=1S/C14H26N2OS/c1-3-14(4-2)10-16-13(18-11-14)15-9-12-5-7-17-8-6-12/h12H,3-11H2,1-2H3,(H,15,16). The molecule has 2 aliphatic heterocycles. The Bertz CT molecular complexity index is 284. The topological polar surface area (TPSA) is 33.6 Å². The van der Waals surface area contributed by atoms with Gasteiger partial charge in [0.05, 0.1) is 0 Å². The highest BCUT2D eigenvalue weighted by molar-refractivity contribution is 8.13. The minimum absolute atomic E-state index is 0.453. The summed E-state index contributed by atoms with van der Waals surface area (Å²) in [5, 5.41) is 4.70. The molecule has 0 amide bonds. The first-order valence-corrected chi connectivity index (χ1v) is 8.25. The van der Waals surface area contributed by atoms with E-state index in [1.807, 2.05) is 11.8 Å². The van der Waals surface area contributed by atoms with Gasteiger partial charge in [-0.2, -0.15) is 0 Å². The lowest BCUT2D eigenvalue weighted by Crippen LogP contribution is -2.37. The van der Waals surface area contributed by atoms with Gasteiger partial charge in [0.15, 0.2) is 5.17 Å². The lowest BCUT2D eigenvalue weighted by molar-refractivity contribution is 0.0676. The van der Waals surface area contributed by atoms with Crippen molar-refractivity contribution in [3.63, 3.8) is 0 Å². The first-order chi connectivity index (χ1) is 8.78. The van der Waals surface area contributed by atoms with Crippen molar-refractivity contribution in [3.8, 4) is 0 Å². The number of nitrogens with zero attached hydrogens (tertiary/aromatic N) is 1. The van der Waals surface area contributed by atoms with E-state index < -0.39 is 0 Å². The smallest absolute Gasteiger partial charge is 0.156 e. The first kappa shape index (κ1) is 14.2. The Balaban J connectivity index is 1.76. The maximum atomic E-state index is 5.38. The largest absolute Gasteiger partial charge is 0.381 e. The fourth-order valence-electron chi connectivity index (χ4n) is 2.52. The number of rotatable bonds is 4. The minimum Gasteiger partial charge on any atom is -0.381 e. The second-order valence-corrected chi connectivity index (χ2v) is 6.52. The zero-order chi connectivity index (χ0) is 12.8. The van der Waals surface area contributed by atoms with Crippen LogP contribution in [0.5, 0.6) is 0 Å². The minimum atomic E-state index is 0.453. The monoisotopic (exact) mass is 270 g/mol. The summed E-state index contributed by atoms with van der Waals surface area (Å²) < 4.78 is 5.38. The van der Waals surface area contributed by atoms with Crippen LogP contribution in [0.4, 0.5) is 0 Å². The summed E-state index contributed by atoms with van der Waals surface area (Å²) in [5.74, 6) is 1.99. The molecule has 0 aliphatic carbocycles. The number of hydrogen-bond donors (Lipinski definition) is 1. The number of hydrogen-bond acceptors (Lipinski definition) is 4. The van der Waals surface area contributed by atoms with Gasteiger partial charge in [0, 0.05) is 32.1 Å². The van der Waals surface area contributed by atoms with Crippen molar-refractivity contribution in [3.05, 3.63) is 0 Å². The summed E-state index contributed by atoms with van der Waals surface area (Å²) in [6.45, 7) is 8.52. The van der Waals surface area contributed by atoms with Crippen molar-refractivity contribution >= 4 is 16.9 Å². The average molecular weight is 270 g/mol. The maximum absolute atomic E-state index is 5.38. The summed E-state index contributed by atoms with van der Waals surface area (Å²) in [4.78, 5) is 4.75. The molecule has 0 atom stereocenters. The molecule has 2 aliphatic rings. The number of amidine groups is 1. The van der Waals surface area contributed by atoms with E-state index in [4.69, 9.17) is 9.73 Å². The zero-order valence-electron chi connectivity index (χ0n) is 11.7. The fraction of sp³-hybridized carbons (Fsp3) is 0.929. The van der Waals surface area contributed by atoms with Gasteiger partial charge in [0.25, 0.3) is 0 Å². The van der Waals surface area contributed by atoms with Crippen LogP contribution in [0, 0.1) is 11.3 Å². The molecule has 2 rings (SSSR count). The van der Waals surface area contributed by atoms with E-state index in [0.717, 1.165) is 32.2 Å². The molecule has 0 radical (unpaired) electrons. The van der Waals surface area contributed by atoms with Gasteiger partial charge in [-0.25, -0.2) is 0 Å². The summed E-state index contributed by atoms with van der Waals surface area (Å²) in [7, 11) is 0. The van der Waals surface area contributed by atoms with E-state index in [9.17, 15) is 0 Å². The molecule has 0 aromatic rings. The summed E-state index contributed by atoms with van der Waals surface area (Å²) >= 11 is 1.92. The summed E-state index contributed by atoms with van der Waals surface area (Å²) in [5.41, 5.74) is 0.453. The summed E-state index contributed by atoms with van der Waals surface area (Å²) in [6.07, 6.45) is 4.87. The number of ether oxygens (including phenoxy) is 1. The van der Waals surface area contributed by atoms with Crippen molar-refractivity contribution in [1.29, 1.82) is 0 Å². The first-order valence-electron chi connectivity index (χ1n) is 7.27. The SMILES string of the molecule is CCC1(CC)CN=C(NCC2CCOCC2)SC1. The van der Waals surface area contributed by atoms with Gasteiger partial charge in [0.2, 0.25) is 0 Å². The van der Waals surface area contributed by atoms with E-state index in [1.165, 1.54) is 36.6 Å². The molecule has 0 aromatic carbocycles. The van der Waals surface area contributed by atoms with Crippen LogP contribution in [0.15, 0.2) is 4.99 Å². The third-order valence-corrected chi connectivity index (χ3v) is 5.76. The van der Waals surface area contributed by atoms with Crippen LogP contribution in [0.1, 0.15) is 39.5 Å². The Morgan fingerprint density at radius 2 is 2.06 bits per heavy atom. The Hall–Kier alpha value is -0.220. The molecule has 2 heterocycles. The second kappa shape index (κ2) is 6.80. The van der Waals surface area contributed by atoms with E-state index >= 15 is 0 Å². The zero-order valence-corrected chi connectivity index (χ0v) is 12.5. The molecule has 0 saturated carbocycles. The molecule has 1 saturated heterocycles. The normalized spacial score (nSPS) is 24.7. The Morgan fingerprint density at radius 1 is 1.33 bits per heavy atom. The van der Waals surface area contributed by atoms with Gasteiger partial charge in [-0.05, 0) is 37.0 Å². The molecule has 4 heteroatoms. The number of thioether (sulfide) groups is 1. The molecule has 1 fully saturated rings. The molecule has 0 bridgehead atoms. The lowest BCUT2D eigenvalue weighted by Gasteiger charge is -2.34. The van der Waals surface area contributed by atoms with Crippen LogP contribution in [0.25, 0.3) is 0 Å². The molecule has 18 heavy (non-hydrogen) atoms. The van der Waals surface area contributed by atoms with Crippen LogP contribution < -0.4 is 5.32 Å². The van der Waals surface area contributed by atoms with Crippen LogP contribution in [0.3, 0.4) is 0 Å². The van der Waals surface area contributed by atoms with Crippen LogP contribution in [0.2, 0.25) is 0 Å². The van der Waals surface area contributed by atoms with E-state index in [-0.39, 0.29) is 0 Å². The lowest BCUT2D eigenvalue weighted by atomic mass is 9.84. The van der Waals surface area contributed by atoms with Crippen molar-refractivity contribution < 1.29 is 4.74 Å². The number of nitrogens with one attached hydrogen (secondary N) is 1. The molecule has 0 unspecified atom stereocenters. The van der Waals surface area contributed by atoms with Crippen molar-refractivity contribution in [2.45, 2.75) is 39.5 Å². The van der Waals surface area contributed by atoms with E-state index in [1.54, 1.807) is 0 Å². The van der Waals surface area contributed by atoms with Gasteiger partial charge >= 0.3 is 0 Å². The third kappa shape index (κ3) is 3.64. The van der Waals surface area contributed by atoms with Crippen LogP contribution in [-0.4, -0.2) is 37.2 Å². The maximum Gasteiger partial charge on any atom is 0.156 e. The van der Waals surface area contributed by atoms with Crippen LogP contribution in [-0.2, 0) is 4.74 Å². The van der Waals surface area contributed by atoms with Gasteiger partial charge in [-0.1, -0.05) is 25.6 Å². The molecule has 3 nitrogen and oxygen atoms in total. The highest BCUT2D eigenvalue weighted by atomic mass is 32.2. The van der Waals surface area contributed by atoms with Crippen LogP contribution >= 0.6 is 11.8 Å². The number of aliphatic imine (C=N–C) groups is 1. The Morgan fingerprint density at radius 3 is 2.61 bits per heavy atom. The fourth-order valence-corrected chi connectivity index (χ4v) is 3.80. The second-order valence-electron chi connectivity index (χ2n) is 5.55. The van der Waals surface area contributed by atoms with Gasteiger partial charge in [0.1, 0.15) is 0 Å². The molecule has 104 valence electrons. The average Bonchev–Trinajstić information content (AvgIpc) is 2.47. The predicted octanol–water partition coefficient (Wildman–Crippen LogP) is 2.91. The van der Waals surface area contributed by atoms with Gasteiger partial charge in [-0.15, -0.1) is 0 Å². The molecule has 0 aromatic heterocycles. The highest BCUT2D eigenvalue weighted by Gasteiger charge is 2.30. The third-order valence-electron chi connectivity index (χ3n) is 4.46. The van der Waals surface area contributed by atoms with Crippen molar-refractivity contribution in [2.24, 2.45) is 16.3 Å². The van der Waals surface area contributed by atoms with Gasteiger partial charge in [-0.3, -0.25) is 4.99 Å². The highest BCUT2D eigenvalue weighted by Crippen LogP contribution is 2.34. The van der Waals surface area contributed by atoms with Crippen molar-refractivity contribution in [2.75, 3.05) is 32.1 Å². The Kier molecular flexibility index (Phi) is 5.37. The molecule has 0 spiro atoms. The van der Waals surface area contributed by atoms with Gasteiger partial charge < -0.3 is 10.1 Å². The van der Waals surface area contributed by atoms with Crippen molar-refractivity contribution in [1.82, 2.24) is 5.32 Å². The molecular formula is C14H26N2OS. The Labute approximate surface area is 115 Å². The molecular weight excluding hydrogens is 244 g/mol. The predicted molar refractivity (Wildman–Crippen MR) is 79.3 cm³/mol. The summed E-state index contributed by atoms with van der Waals surface area (Å²) in [6, 6.07) is 0. The van der Waals surface area contributed by atoms with E-state index in [0.29, 0.717) is 5.41 Å².